The SMILES string of the molecule is COc1ccc(-c2cnc3n[nH]c(N)c3c2)cc1. The molecule has 0 spiro atoms. The molecule has 3 rings (SSSR count). The predicted octanol–water partition coefficient (Wildman–Crippen LogP) is 2.22. The van der Waals surface area contributed by atoms with Crippen molar-refractivity contribution in [3.05, 3.63) is 36.5 Å². The van der Waals surface area contributed by atoms with Crippen molar-refractivity contribution in [2.45, 2.75) is 0 Å². The fraction of sp³-hybridized carbons (Fsp3) is 0.0769. The highest BCUT2D eigenvalue weighted by Gasteiger charge is 2.06. The maximum Gasteiger partial charge on any atom is 0.183 e. The summed E-state index contributed by atoms with van der Waals surface area (Å²) in [6.45, 7) is 0. The first-order valence-electron chi connectivity index (χ1n) is 5.52. The summed E-state index contributed by atoms with van der Waals surface area (Å²) in [6.07, 6.45) is 1.78. The topological polar surface area (TPSA) is 76.8 Å². The van der Waals surface area contributed by atoms with Crippen LogP contribution in [0, 0.1) is 0 Å². The molecule has 0 aliphatic rings. The summed E-state index contributed by atoms with van der Waals surface area (Å²) in [5, 5.41) is 7.55. The lowest BCUT2D eigenvalue weighted by Gasteiger charge is -2.03. The van der Waals surface area contributed by atoms with Crippen molar-refractivity contribution in [3.63, 3.8) is 0 Å². The molecule has 0 amide bonds. The number of aromatic nitrogens is 3. The van der Waals surface area contributed by atoms with Crippen LogP contribution in [0.1, 0.15) is 0 Å². The summed E-state index contributed by atoms with van der Waals surface area (Å²) >= 11 is 0. The van der Waals surface area contributed by atoms with Gasteiger partial charge in [0.2, 0.25) is 0 Å². The third-order valence-electron chi connectivity index (χ3n) is 2.86. The van der Waals surface area contributed by atoms with Crippen molar-refractivity contribution in [1.82, 2.24) is 15.2 Å². The molecule has 3 N–H and O–H groups in total. The van der Waals surface area contributed by atoms with E-state index in [1.165, 1.54) is 0 Å². The van der Waals surface area contributed by atoms with Gasteiger partial charge in [0.05, 0.1) is 12.5 Å². The fourth-order valence-electron chi connectivity index (χ4n) is 1.86. The van der Waals surface area contributed by atoms with Crippen LogP contribution in [0.2, 0.25) is 0 Å². The molecule has 0 unspecified atom stereocenters. The molecule has 2 heterocycles. The van der Waals surface area contributed by atoms with E-state index in [2.05, 4.69) is 15.2 Å². The van der Waals surface area contributed by atoms with E-state index in [4.69, 9.17) is 10.5 Å². The Hall–Kier alpha value is -2.56. The normalized spacial score (nSPS) is 10.7. The zero-order valence-electron chi connectivity index (χ0n) is 9.84. The molecule has 0 aliphatic heterocycles. The zero-order chi connectivity index (χ0) is 12.5. The van der Waals surface area contributed by atoms with Crippen LogP contribution in [0.4, 0.5) is 5.82 Å². The van der Waals surface area contributed by atoms with E-state index in [1.807, 2.05) is 30.3 Å². The summed E-state index contributed by atoms with van der Waals surface area (Å²) in [6, 6.07) is 9.77. The molecule has 3 aromatic rings. The summed E-state index contributed by atoms with van der Waals surface area (Å²) in [4.78, 5) is 4.27. The average molecular weight is 240 g/mol. The van der Waals surface area contributed by atoms with Crippen LogP contribution in [0.3, 0.4) is 0 Å². The Balaban J connectivity index is 2.09. The molecule has 90 valence electrons. The molecule has 0 bridgehead atoms. The van der Waals surface area contributed by atoms with Gasteiger partial charge in [-0.15, -0.1) is 0 Å². The van der Waals surface area contributed by atoms with Gasteiger partial charge in [-0.2, -0.15) is 5.10 Å². The minimum Gasteiger partial charge on any atom is -0.497 e. The molecular formula is C13H12N4O. The van der Waals surface area contributed by atoms with Gasteiger partial charge in [-0.3, -0.25) is 5.10 Å². The van der Waals surface area contributed by atoms with E-state index < -0.39 is 0 Å². The number of nitrogens with one attached hydrogen (secondary N) is 1. The highest BCUT2D eigenvalue weighted by atomic mass is 16.5. The van der Waals surface area contributed by atoms with Crippen LogP contribution in [0.25, 0.3) is 22.2 Å². The van der Waals surface area contributed by atoms with E-state index in [-0.39, 0.29) is 0 Å². The fourth-order valence-corrected chi connectivity index (χ4v) is 1.86. The standard InChI is InChI=1S/C13H12N4O/c1-18-10-4-2-8(3-5-10)9-6-11-12(14)16-17-13(11)15-7-9/h2-7H,1H3,(H3,14,15,16,17). The van der Waals surface area contributed by atoms with Gasteiger partial charge in [-0.25, -0.2) is 4.98 Å². The molecule has 2 aromatic heterocycles. The number of anilines is 1. The molecule has 0 saturated heterocycles. The maximum absolute atomic E-state index is 5.79. The first-order valence-corrected chi connectivity index (χ1v) is 5.52. The van der Waals surface area contributed by atoms with Crippen LogP contribution >= 0.6 is 0 Å². The number of pyridine rings is 1. The lowest BCUT2D eigenvalue weighted by atomic mass is 10.1. The van der Waals surface area contributed by atoms with Gasteiger partial charge in [-0.1, -0.05) is 12.1 Å². The first kappa shape index (κ1) is 10.6. The Morgan fingerprint density at radius 3 is 2.67 bits per heavy atom. The quantitative estimate of drug-likeness (QED) is 0.720. The van der Waals surface area contributed by atoms with Gasteiger partial charge in [0.15, 0.2) is 5.65 Å². The summed E-state index contributed by atoms with van der Waals surface area (Å²) in [7, 11) is 1.65. The number of nitrogen functional groups attached to an aromatic ring is 1. The van der Waals surface area contributed by atoms with E-state index in [9.17, 15) is 0 Å². The molecule has 18 heavy (non-hydrogen) atoms. The lowest BCUT2D eigenvalue weighted by Crippen LogP contribution is -1.86. The van der Waals surface area contributed by atoms with E-state index in [1.54, 1.807) is 13.3 Å². The number of hydrogen-bond acceptors (Lipinski definition) is 4. The Bertz CT molecular complexity index is 688. The molecule has 0 radical (unpaired) electrons. The second-order valence-corrected chi connectivity index (χ2v) is 3.96. The van der Waals surface area contributed by atoms with Gasteiger partial charge in [0.25, 0.3) is 0 Å². The van der Waals surface area contributed by atoms with Gasteiger partial charge in [-0.05, 0) is 23.8 Å². The third kappa shape index (κ3) is 1.66. The zero-order valence-corrected chi connectivity index (χ0v) is 9.84. The molecule has 0 atom stereocenters. The minimum absolute atomic E-state index is 0.535. The van der Waals surface area contributed by atoms with Crippen LogP contribution < -0.4 is 10.5 Å². The molecule has 5 heteroatoms. The molecule has 1 aromatic carbocycles. The number of nitrogens with two attached hydrogens (primary N) is 1. The van der Waals surface area contributed by atoms with Crippen molar-refractivity contribution in [2.75, 3.05) is 12.8 Å². The number of aromatic amines is 1. The van der Waals surface area contributed by atoms with Gasteiger partial charge >= 0.3 is 0 Å². The minimum atomic E-state index is 0.535. The van der Waals surface area contributed by atoms with Gasteiger partial charge < -0.3 is 10.5 Å². The second kappa shape index (κ2) is 4.03. The van der Waals surface area contributed by atoms with Gasteiger partial charge in [0.1, 0.15) is 11.6 Å². The Labute approximate surface area is 104 Å². The molecule has 0 fully saturated rings. The third-order valence-corrected chi connectivity index (χ3v) is 2.86. The Morgan fingerprint density at radius 2 is 1.94 bits per heavy atom. The summed E-state index contributed by atoms with van der Waals surface area (Å²) < 4.78 is 5.13. The monoisotopic (exact) mass is 240 g/mol. The van der Waals surface area contributed by atoms with Crippen LogP contribution in [-0.4, -0.2) is 22.3 Å². The number of H-pyrrole nitrogens is 1. The van der Waals surface area contributed by atoms with Crippen LogP contribution in [0.15, 0.2) is 36.5 Å². The van der Waals surface area contributed by atoms with E-state index in [0.717, 1.165) is 22.3 Å². The average Bonchev–Trinajstić information content (AvgIpc) is 2.80. The number of nitrogens with zero attached hydrogens (tertiary/aromatic N) is 2. The van der Waals surface area contributed by atoms with Crippen LogP contribution in [0.5, 0.6) is 5.75 Å². The van der Waals surface area contributed by atoms with Crippen molar-refractivity contribution >= 4 is 16.9 Å². The molecule has 0 saturated carbocycles. The number of fused-ring (bicyclic) bond motifs is 1. The number of hydrogen-bond donors (Lipinski definition) is 2. The number of methoxy groups -OCH3 is 1. The Kier molecular flexibility index (Phi) is 2.37. The molecule has 5 nitrogen and oxygen atoms in total. The lowest BCUT2D eigenvalue weighted by molar-refractivity contribution is 0.415. The largest absolute Gasteiger partial charge is 0.497 e. The van der Waals surface area contributed by atoms with Crippen LogP contribution in [-0.2, 0) is 0 Å². The number of rotatable bonds is 2. The van der Waals surface area contributed by atoms with E-state index in [0.29, 0.717) is 11.5 Å². The highest BCUT2D eigenvalue weighted by Crippen LogP contribution is 2.25. The van der Waals surface area contributed by atoms with E-state index >= 15 is 0 Å². The van der Waals surface area contributed by atoms with Crippen molar-refractivity contribution < 1.29 is 4.74 Å². The second-order valence-electron chi connectivity index (χ2n) is 3.96. The number of ether oxygens (including phenoxy) is 1. The maximum atomic E-state index is 5.79. The van der Waals surface area contributed by atoms with Crippen molar-refractivity contribution in [3.8, 4) is 16.9 Å². The summed E-state index contributed by atoms with van der Waals surface area (Å²) in [5.41, 5.74) is 8.48. The van der Waals surface area contributed by atoms with Crippen molar-refractivity contribution in [2.24, 2.45) is 0 Å². The first-order chi connectivity index (χ1) is 8.78. The smallest absolute Gasteiger partial charge is 0.183 e. The Morgan fingerprint density at radius 1 is 1.17 bits per heavy atom. The predicted molar refractivity (Wildman–Crippen MR) is 70.3 cm³/mol. The number of benzene rings is 1. The van der Waals surface area contributed by atoms with Crippen molar-refractivity contribution in [1.29, 1.82) is 0 Å². The van der Waals surface area contributed by atoms with Gasteiger partial charge in [0, 0.05) is 11.8 Å². The summed E-state index contributed by atoms with van der Waals surface area (Å²) in [5.74, 6) is 1.36. The highest BCUT2D eigenvalue weighted by molar-refractivity contribution is 5.89. The molecular weight excluding hydrogens is 228 g/mol. The molecule has 0 aliphatic carbocycles.